The van der Waals surface area contributed by atoms with Crippen LogP contribution in [-0.2, 0) is 0 Å². The molecule has 31 heavy (non-hydrogen) atoms. The fraction of sp³-hybridized carbons (Fsp3) is 0.0417. The number of nitrogens with zero attached hydrogens (tertiary/aromatic N) is 2. The first kappa shape index (κ1) is 19.0. The van der Waals surface area contributed by atoms with Crippen molar-refractivity contribution in [3.05, 3.63) is 98.8 Å². The third-order valence-electron chi connectivity index (χ3n) is 4.86. The van der Waals surface area contributed by atoms with E-state index in [0.29, 0.717) is 26.6 Å². The van der Waals surface area contributed by atoms with Gasteiger partial charge in [0.2, 0.25) is 0 Å². The van der Waals surface area contributed by atoms with Gasteiger partial charge in [-0.3, -0.25) is 4.79 Å². The van der Waals surface area contributed by atoms with E-state index in [2.05, 4.69) is 4.98 Å². The van der Waals surface area contributed by atoms with Crippen molar-refractivity contribution in [1.82, 2.24) is 9.38 Å². The van der Waals surface area contributed by atoms with Gasteiger partial charge in [-0.05, 0) is 60.2 Å². The summed E-state index contributed by atoms with van der Waals surface area (Å²) in [6, 6.07) is 21.3. The van der Waals surface area contributed by atoms with Crippen molar-refractivity contribution in [1.29, 1.82) is 0 Å². The predicted molar refractivity (Wildman–Crippen MR) is 120 cm³/mol. The van der Waals surface area contributed by atoms with Gasteiger partial charge in [-0.2, -0.15) is 0 Å². The molecule has 0 saturated carbocycles. The monoisotopic (exact) mass is 428 g/mol. The summed E-state index contributed by atoms with van der Waals surface area (Å²) in [6.07, 6.45) is 1.81. The molecular formula is C24H16N2O4S. The zero-order chi connectivity index (χ0) is 21.4. The molecular weight excluding hydrogens is 412 g/mol. The zero-order valence-corrected chi connectivity index (χ0v) is 17.3. The van der Waals surface area contributed by atoms with Crippen LogP contribution in [0.4, 0.5) is 0 Å². The van der Waals surface area contributed by atoms with E-state index in [1.807, 2.05) is 30.3 Å². The molecule has 6 nitrogen and oxygen atoms in total. The third kappa shape index (κ3) is 3.55. The number of imidazole rings is 1. The number of thiazole rings is 1. The van der Waals surface area contributed by atoms with Crippen molar-refractivity contribution in [2.75, 3.05) is 7.11 Å². The van der Waals surface area contributed by atoms with Crippen molar-refractivity contribution in [3.63, 3.8) is 0 Å². The van der Waals surface area contributed by atoms with Gasteiger partial charge in [0.15, 0.2) is 4.96 Å². The first-order valence-electron chi connectivity index (χ1n) is 9.50. The Bertz CT molecular complexity index is 1520. The molecule has 0 aliphatic heterocycles. The van der Waals surface area contributed by atoms with E-state index in [-0.39, 0.29) is 5.56 Å². The van der Waals surface area contributed by atoms with Crippen LogP contribution in [0, 0.1) is 0 Å². The Kier molecular flexibility index (Phi) is 4.72. The molecule has 152 valence electrons. The lowest BCUT2D eigenvalue weighted by atomic mass is 10.2. The smallest absolute Gasteiger partial charge is 0.343 e. The average Bonchev–Trinajstić information content (AvgIpc) is 3.31. The van der Waals surface area contributed by atoms with E-state index in [9.17, 15) is 9.59 Å². The number of hydrogen-bond acceptors (Lipinski definition) is 6. The number of methoxy groups -OCH3 is 1. The maximum Gasteiger partial charge on any atom is 0.343 e. The van der Waals surface area contributed by atoms with Crippen molar-refractivity contribution < 1.29 is 14.3 Å². The number of benzene rings is 3. The molecule has 3 aromatic carbocycles. The molecule has 0 saturated heterocycles. The molecule has 0 spiro atoms. The lowest BCUT2D eigenvalue weighted by molar-refractivity contribution is 0.0734. The molecule has 0 bridgehead atoms. The maximum atomic E-state index is 12.8. The van der Waals surface area contributed by atoms with Gasteiger partial charge in [0.05, 0.1) is 28.2 Å². The second kappa shape index (κ2) is 7.70. The molecule has 5 aromatic rings. The number of rotatable bonds is 4. The average molecular weight is 428 g/mol. The minimum Gasteiger partial charge on any atom is -0.497 e. The summed E-state index contributed by atoms with van der Waals surface area (Å²) < 4.78 is 12.7. The molecule has 0 fully saturated rings. The Hall–Kier alpha value is -3.97. The molecule has 0 aliphatic carbocycles. The first-order valence-corrected chi connectivity index (χ1v) is 10.3. The van der Waals surface area contributed by atoms with Crippen LogP contribution in [0.3, 0.4) is 0 Å². The van der Waals surface area contributed by atoms with Crippen LogP contribution in [0.5, 0.6) is 11.5 Å². The Labute approximate surface area is 180 Å². The number of fused-ring (bicyclic) bond motifs is 3. The highest BCUT2D eigenvalue weighted by molar-refractivity contribution is 7.15. The molecule has 0 aliphatic rings. The molecule has 0 atom stereocenters. The summed E-state index contributed by atoms with van der Waals surface area (Å²) in [5.41, 5.74) is 2.78. The Morgan fingerprint density at radius 3 is 2.42 bits per heavy atom. The van der Waals surface area contributed by atoms with Gasteiger partial charge in [0, 0.05) is 0 Å². The van der Waals surface area contributed by atoms with Crippen LogP contribution in [0.25, 0.3) is 22.1 Å². The Morgan fingerprint density at radius 1 is 0.968 bits per heavy atom. The summed E-state index contributed by atoms with van der Waals surface area (Å²) in [6.45, 7) is 0. The van der Waals surface area contributed by atoms with Gasteiger partial charge in [-0.1, -0.05) is 35.6 Å². The lowest BCUT2D eigenvalue weighted by Gasteiger charge is -2.05. The van der Waals surface area contributed by atoms with Crippen molar-refractivity contribution in [2.45, 2.75) is 0 Å². The fourth-order valence-electron chi connectivity index (χ4n) is 3.29. The highest BCUT2D eigenvalue weighted by atomic mass is 32.1. The Morgan fingerprint density at radius 2 is 1.68 bits per heavy atom. The summed E-state index contributed by atoms with van der Waals surface area (Å²) in [4.78, 5) is 30.3. The van der Waals surface area contributed by atoms with Crippen LogP contribution >= 0.6 is 11.3 Å². The van der Waals surface area contributed by atoms with Crippen LogP contribution in [-0.4, -0.2) is 22.5 Å². The van der Waals surface area contributed by atoms with E-state index in [4.69, 9.17) is 9.47 Å². The Balaban J connectivity index is 1.39. The van der Waals surface area contributed by atoms with E-state index in [1.54, 1.807) is 60.0 Å². The molecule has 0 N–H and O–H groups in total. The highest BCUT2D eigenvalue weighted by Crippen LogP contribution is 2.18. The molecule has 2 aromatic heterocycles. The minimum absolute atomic E-state index is 0.0938. The molecule has 0 amide bonds. The van der Waals surface area contributed by atoms with E-state index >= 15 is 0 Å². The van der Waals surface area contributed by atoms with Crippen LogP contribution in [0.2, 0.25) is 0 Å². The second-order valence-corrected chi connectivity index (χ2v) is 7.83. The zero-order valence-electron chi connectivity index (χ0n) is 16.4. The number of hydrogen-bond donors (Lipinski definition) is 0. The van der Waals surface area contributed by atoms with Crippen LogP contribution in [0.15, 0.2) is 77.6 Å². The van der Waals surface area contributed by atoms with Gasteiger partial charge >= 0.3 is 5.97 Å². The van der Waals surface area contributed by atoms with Crippen molar-refractivity contribution in [3.8, 4) is 11.5 Å². The minimum atomic E-state index is -0.451. The van der Waals surface area contributed by atoms with Crippen molar-refractivity contribution in [2.24, 2.45) is 0 Å². The summed E-state index contributed by atoms with van der Waals surface area (Å²) in [5.74, 6) is 0.642. The fourth-order valence-corrected chi connectivity index (χ4v) is 4.28. The highest BCUT2D eigenvalue weighted by Gasteiger charge is 2.11. The maximum absolute atomic E-state index is 12.8. The molecule has 7 heteroatoms. The number of para-hydroxylation sites is 2. The standard InChI is InChI=1S/C24H16N2O4S/c1-29-17-12-8-16(9-13-17)23(28)30-18-10-6-15(7-11-18)14-21-22(27)26-20-5-3-2-4-19(20)25-24(26)31-21/h2-14H,1H3/b21-14+. The summed E-state index contributed by atoms with van der Waals surface area (Å²) in [7, 11) is 1.57. The summed E-state index contributed by atoms with van der Waals surface area (Å²) in [5, 5.41) is 0. The number of esters is 1. The van der Waals surface area contributed by atoms with Gasteiger partial charge in [-0.15, -0.1) is 0 Å². The SMILES string of the molecule is COc1ccc(C(=O)Oc2ccc(/C=c3/sc4nc5ccccc5n4c3=O)cc2)cc1. The number of aromatic nitrogens is 2. The van der Waals surface area contributed by atoms with E-state index < -0.39 is 5.97 Å². The van der Waals surface area contributed by atoms with Crippen LogP contribution < -0.4 is 19.6 Å². The summed E-state index contributed by atoms with van der Waals surface area (Å²) >= 11 is 1.35. The van der Waals surface area contributed by atoms with Gasteiger partial charge in [0.1, 0.15) is 11.5 Å². The van der Waals surface area contributed by atoms with Crippen molar-refractivity contribution >= 4 is 39.4 Å². The van der Waals surface area contributed by atoms with Crippen LogP contribution in [0.1, 0.15) is 15.9 Å². The first-order chi connectivity index (χ1) is 15.1. The van der Waals surface area contributed by atoms with Gasteiger partial charge < -0.3 is 9.47 Å². The molecule has 2 heterocycles. The predicted octanol–water partition coefficient (Wildman–Crippen LogP) is 3.68. The number of carbonyl (C=O) groups is 1. The number of ether oxygens (including phenoxy) is 2. The van der Waals surface area contributed by atoms with Gasteiger partial charge in [0.25, 0.3) is 5.56 Å². The molecule has 0 unspecified atom stereocenters. The van der Waals surface area contributed by atoms with Gasteiger partial charge in [-0.25, -0.2) is 14.2 Å². The largest absolute Gasteiger partial charge is 0.497 e. The third-order valence-corrected chi connectivity index (χ3v) is 5.83. The lowest BCUT2D eigenvalue weighted by Crippen LogP contribution is -2.22. The topological polar surface area (TPSA) is 69.9 Å². The second-order valence-electron chi connectivity index (χ2n) is 6.82. The number of carbonyl (C=O) groups excluding carboxylic acids is 1. The molecule has 5 rings (SSSR count). The van der Waals surface area contributed by atoms with E-state index in [1.165, 1.54) is 11.3 Å². The molecule has 0 radical (unpaired) electrons. The normalized spacial score (nSPS) is 11.8. The quantitative estimate of drug-likeness (QED) is 0.323. The van der Waals surface area contributed by atoms with E-state index in [0.717, 1.165) is 16.6 Å².